The highest BCUT2D eigenvalue weighted by Crippen LogP contribution is 2.56. The monoisotopic (exact) mass is 376 g/mol. The lowest BCUT2D eigenvalue weighted by Gasteiger charge is -2.56. The van der Waals surface area contributed by atoms with Gasteiger partial charge < -0.3 is 9.47 Å². The average molecular weight is 376 g/mol. The zero-order valence-electron chi connectivity index (χ0n) is 17.6. The Morgan fingerprint density at radius 2 is 1.78 bits per heavy atom. The topological polar surface area (TPSA) is 69.7 Å². The molecule has 4 atom stereocenters. The molecule has 5 nitrogen and oxygen atoms in total. The Morgan fingerprint density at radius 1 is 1.15 bits per heavy atom. The van der Waals surface area contributed by atoms with E-state index in [0.29, 0.717) is 24.8 Å². The molecule has 2 fully saturated rings. The molecule has 0 aromatic heterocycles. The van der Waals surface area contributed by atoms with E-state index in [-0.39, 0.29) is 23.1 Å². The van der Waals surface area contributed by atoms with E-state index in [1.807, 2.05) is 20.8 Å². The number of ketones is 1. The first kappa shape index (κ1) is 21.4. The van der Waals surface area contributed by atoms with Gasteiger partial charge >= 0.3 is 11.9 Å². The lowest BCUT2D eigenvalue weighted by atomic mass is 9.53. The second kappa shape index (κ2) is 7.61. The number of hydrogen-bond acceptors (Lipinski definition) is 5. The van der Waals surface area contributed by atoms with Crippen molar-refractivity contribution in [3.8, 4) is 0 Å². The van der Waals surface area contributed by atoms with Crippen molar-refractivity contribution >= 4 is 17.7 Å². The largest absolute Gasteiger partial charge is 0.455 e. The second-order valence-electron chi connectivity index (χ2n) is 8.67. The molecule has 150 valence electrons. The lowest BCUT2D eigenvalue weighted by Crippen LogP contribution is -2.61. The van der Waals surface area contributed by atoms with Crippen LogP contribution in [0.5, 0.6) is 0 Å². The molecule has 0 aliphatic heterocycles. The van der Waals surface area contributed by atoms with Gasteiger partial charge in [-0.3, -0.25) is 9.59 Å². The normalized spacial score (nSPS) is 34.0. The van der Waals surface area contributed by atoms with Crippen molar-refractivity contribution < 1.29 is 23.9 Å². The predicted molar refractivity (Wildman–Crippen MR) is 103 cm³/mol. The first-order valence-electron chi connectivity index (χ1n) is 9.67. The van der Waals surface area contributed by atoms with Gasteiger partial charge in [-0.1, -0.05) is 18.6 Å². The molecular weight excluding hydrogens is 344 g/mol. The number of fused-ring (bicyclic) bond motifs is 1. The molecule has 0 aromatic carbocycles. The maximum atomic E-state index is 12.7. The van der Waals surface area contributed by atoms with E-state index in [9.17, 15) is 14.4 Å². The molecule has 2 aliphatic rings. The van der Waals surface area contributed by atoms with Gasteiger partial charge in [0.25, 0.3) is 0 Å². The van der Waals surface area contributed by atoms with Crippen molar-refractivity contribution in [3.63, 3.8) is 0 Å². The molecule has 0 radical (unpaired) electrons. The predicted octanol–water partition coefficient (Wildman–Crippen LogP) is 4.30. The van der Waals surface area contributed by atoms with E-state index in [1.165, 1.54) is 6.92 Å². The van der Waals surface area contributed by atoms with Crippen molar-refractivity contribution in [2.45, 2.75) is 85.9 Å². The van der Waals surface area contributed by atoms with Crippen LogP contribution in [-0.4, -0.2) is 29.4 Å². The quantitative estimate of drug-likeness (QED) is 0.542. The van der Waals surface area contributed by atoms with Gasteiger partial charge in [0.2, 0.25) is 0 Å². The summed E-state index contributed by atoms with van der Waals surface area (Å²) in [6.45, 7) is 12.7. The highest BCUT2D eigenvalue weighted by atomic mass is 16.6. The van der Waals surface area contributed by atoms with Gasteiger partial charge in [0.1, 0.15) is 11.7 Å². The van der Waals surface area contributed by atoms with Crippen molar-refractivity contribution in [2.75, 3.05) is 0 Å². The van der Waals surface area contributed by atoms with E-state index in [0.717, 1.165) is 17.6 Å². The van der Waals surface area contributed by atoms with Crippen LogP contribution in [0.3, 0.4) is 0 Å². The molecule has 2 aliphatic carbocycles. The summed E-state index contributed by atoms with van der Waals surface area (Å²) in [5.74, 6) is -0.701. The van der Waals surface area contributed by atoms with Gasteiger partial charge in [-0.15, -0.1) is 0 Å². The summed E-state index contributed by atoms with van der Waals surface area (Å²) in [4.78, 5) is 37.0. The number of esters is 2. The van der Waals surface area contributed by atoms with Crippen molar-refractivity contribution in [1.29, 1.82) is 0 Å². The number of Topliss-reactive ketones (excluding diaryl/α,β-unsaturated/α-hetero) is 1. The van der Waals surface area contributed by atoms with E-state index in [2.05, 4.69) is 6.92 Å². The van der Waals surface area contributed by atoms with Crippen LogP contribution in [0.15, 0.2) is 22.8 Å². The zero-order chi connectivity index (χ0) is 20.6. The second-order valence-corrected chi connectivity index (χ2v) is 8.67. The first-order valence-corrected chi connectivity index (χ1v) is 9.67. The molecule has 0 heterocycles. The molecule has 5 heteroatoms. The Balaban J connectivity index is 2.46. The third kappa shape index (κ3) is 4.02. The minimum atomic E-state index is -0.968. The van der Waals surface area contributed by atoms with Crippen LogP contribution < -0.4 is 0 Å². The Morgan fingerprint density at radius 3 is 2.30 bits per heavy atom. The Kier molecular flexibility index (Phi) is 6.03. The maximum absolute atomic E-state index is 12.7. The molecular formula is C22H32O5. The SMILES string of the molecule is C/C=C(/C)C(=O)O[C@H]1CC[C@]2(C)CC(=O)C(=C(C)C)C[C@H]2[C@@]1(C)OC(C)=O. The molecule has 27 heavy (non-hydrogen) atoms. The molecule has 2 saturated carbocycles. The fraction of sp³-hybridized carbons (Fsp3) is 0.682. The molecule has 0 aromatic rings. The van der Waals surface area contributed by atoms with Gasteiger partial charge in [0.05, 0.1) is 0 Å². The van der Waals surface area contributed by atoms with Crippen LogP contribution in [0, 0.1) is 11.3 Å². The van der Waals surface area contributed by atoms with Crippen LogP contribution in [0.1, 0.15) is 74.1 Å². The Hall–Kier alpha value is -1.91. The minimum Gasteiger partial charge on any atom is -0.455 e. The number of hydrogen-bond donors (Lipinski definition) is 0. The number of rotatable bonds is 3. The third-order valence-corrected chi connectivity index (χ3v) is 6.43. The molecule has 0 N–H and O–H groups in total. The molecule has 2 rings (SSSR count). The summed E-state index contributed by atoms with van der Waals surface area (Å²) < 4.78 is 11.6. The minimum absolute atomic E-state index is 0.0889. The van der Waals surface area contributed by atoms with E-state index in [4.69, 9.17) is 9.47 Å². The van der Waals surface area contributed by atoms with Crippen LogP contribution in [0.2, 0.25) is 0 Å². The Labute approximate surface area is 162 Å². The summed E-state index contributed by atoms with van der Waals surface area (Å²) >= 11 is 0. The standard InChI is InChI=1S/C22H32O5/c1-8-14(4)20(25)26-19-9-10-21(6)12-17(24)16(13(2)3)11-18(21)22(19,7)27-15(5)23/h8,18-19H,9-12H2,1-7H3/b14-8-/t18-,19+,21-,22-/m1/s1. The maximum Gasteiger partial charge on any atom is 0.333 e. The van der Waals surface area contributed by atoms with E-state index in [1.54, 1.807) is 19.9 Å². The number of carbonyl (C=O) groups excluding carboxylic acids is 3. The van der Waals surface area contributed by atoms with Crippen LogP contribution >= 0.6 is 0 Å². The molecule has 0 unspecified atom stereocenters. The van der Waals surface area contributed by atoms with Crippen molar-refractivity contribution in [1.82, 2.24) is 0 Å². The third-order valence-electron chi connectivity index (χ3n) is 6.43. The molecule has 0 spiro atoms. The summed E-state index contributed by atoms with van der Waals surface area (Å²) in [6.07, 6.45) is 3.47. The van der Waals surface area contributed by atoms with Crippen LogP contribution in [-0.2, 0) is 23.9 Å². The molecule has 0 bridgehead atoms. The first-order chi connectivity index (χ1) is 12.4. The highest BCUT2D eigenvalue weighted by molar-refractivity contribution is 5.97. The van der Waals surface area contributed by atoms with Crippen LogP contribution in [0.25, 0.3) is 0 Å². The van der Waals surface area contributed by atoms with Crippen molar-refractivity contribution in [3.05, 3.63) is 22.8 Å². The van der Waals surface area contributed by atoms with E-state index >= 15 is 0 Å². The zero-order valence-corrected chi connectivity index (χ0v) is 17.6. The van der Waals surface area contributed by atoms with E-state index < -0.39 is 17.7 Å². The number of ether oxygens (including phenoxy) is 2. The number of allylic oxidation sites excluding steroid dienone is 3. The smallest absolute Gasteiger partial charge is 0.333 e. The van der Waals surface area contributed by atoms with Gasteiger partial charge in [0, 0.05) is 24.8 Å². The summed E-state index contributed by atoms with van der Waals surface area (Å²) in [7, 11) is 0. The summed E-state index contributed by atoms with van der Waals surface area (Å²) in [5, 5.41) is 0. The average Bonchev–Trinajstić information content (AvgIpc) is 2.55. The summed E-state index contributed by atoms with van der Waals surface area (Å²) in [5.41, 5.74) is 1.09. The fourth-order valence-electron chi connectivity index (χ4n) is 4.74. The van der Waals surface area contributed by atoms with Gasteiger partial charge in [-0.25, -0.2) is 4.79 Å². The van der Waals surface area contributed by atoms with Gasteiger partial charge in [0.15, 0.2) is 5.78 Å². The highest BCUT2D eigenvalue weighted by Gasteiger charge is 2.60. The van der Waals surface area contributed by atoms with Crippen LogP contribution in [0.4, 0.5) is 0 Å². The van der Waals surface area contributed by atoms with Gasteiger partial charge in [-0.2, -0.15) is 0 Å². The summed E-state index contributed by atoms with van der Waals surface area (Å²) in [6, 6.07) is 0. The Bertz CT molecular complexity index is 712. The van der Waals surface area contributed by atoms with Crippen molar-refractivity contribution in [2.24, 2.45) is 11.3 Å². The van der Waals surface area contributed by atoms with Gasteiger partial charge in [-0.05, 0) is 64.9 Å². The fourth-order valence-corrected chi connectivity index (χ4v) is 4.74. The number of carbonyl (C=O) groups is 3. The lowest BCUT2D eigenvalue weighted by molar-refractivity contribution is -0.216. The molecule has 0 amide bonds. The molecule has 0 saturated heterocycles.